The number of aryl methyl sites for hydroxylation is 1. The van der Waals surface area contributed by atoms with Gasteiger partial charge in [0.05, 0.1) is 22.9 Å². The van der Waals surface area contributed by atoms with Crippen LogP contribution in [-0.4, -0.2) is 47.0 Å². The topological polar surface area (TPSA) is 85.2 Å². The van der Waals surface area contributed by atoms with Crippen LogP contribution in [0.2, 0.25) is 0 Å². The lowest BCUT2D eigenvalue weighted by Gasteiger charge is -2.12. The summed E-state index contributed by atoms with van der Waals surface area (Å²) < 4.78 is 49.1. The molecule has 1 fully saturated rings. The van der Waals surface area contributed by atoms with Gasteiger partial charge in [-0.25, -0.2) is 17.2 Å². The molecule has 0 aromatic carbocycles. The lowest BCUT2D eigenvalue weighted by atomic mass is 10.2. The minimum absolute atomic E-state index is 0.0138. The number of halogens is 3. The number of nitrogens with one attached hydrogen (secondary N) is 1. The van der Waals surface area contributed by atoms with E-state index in [0.29, 0.717) is 0 Å². The first-order valence-electron chi connectivity index (χ1n) is 6.88. The molecule has 1 saturated heterocycles. The Morgan fingerprint density at radius 1 is 1.54 bits per heavy atom. The van der Waals surface area contributed by atoms with E-state index in [9.17, 15) is 26.8 Å². The lowest BCUT2D eigenvalue weighted by Crippen LogP contribution is -2.27. The largest absolute Gasteiger partial charge is 0.324 e. The molecule has 0 aliphatic carbocycles. The maximum Gasteiger partial charge on any atom is 0.286 e. The molecule has 1 amide bonds. The van der Waals surface area contributed by atoms with Crippen molar-refractivity contribution in [2.45, 2.75) is 28.2 Å². The number of carbonyl (C=O) groups is 1. The van der Waals surface area contributed by atoms with Crippen molar-refractivity contribution in [1.29, 1.82) is 0 Å². The average molecular weight is 401 g/mol. The number of aromatic nitrogens is 1. The van der Waals surface area contributed by atoms with Crippen molar-refractivity contribution < 1.29 is 22.0 Å². The van der Waals surface area contributed by atoms with Gasteiger partial charge in [-0.2, -0.15) is 0 Å². The predicted molar refractivity (Wildman–Crippen MR) is 89.5 cm³/mol. The summed E-state index contributed by atoms with van der Waals surface area (Å²) in [6.07, 6.45) is 2.32. The van der Waals surface area contributed by atoms with Crippen LogP contribution < -0.4 is 10.9 Å². The third-order valence-corrected chi connectivity index (χ3v) is 8.00. The summed E-state index contributed by atoms with van der Waals surface area (Å²) in [5.74, 6) is -1.67. The molecule has 0 spiro atoms. The van der Waals surface area contributed by atoms with Crippen LogP contribution in [0.25, 0.3) is 0 Å². The Morgan fingerprint density at radius 2 is 2.21 bits per heavy atom. The third kappa shape index (κ3) is 4.28. The third-order valence-electron chi connectivity index (χ3n) is 3.38. The summed E-state index contributed by atoms with van der Waals surface area (Å²) in [6, 6.07) is 0.834. The van der Waals surface area contributed by atoms with E-state index in [2.05, 4.69) is 5.32 Å². The molecule has 3 unspecified atom stereocenters. The molecule has 1 aliphatic rings. The molecular weight excluding hydrogens is 386 g/mol. The number of sulfone groups is 1. The molecular formula is C13H15ClF2N2O4S2. The number of thioether (sulfide) groups is 1. The van der Waals surface area contributed by atoms with Gasteiger partial charge in [0.1, 0.15) is 11.3 Å². The molecule has 2 rings (SSSR count). The summed E-state index contributed by atoms with van der Waals surface area (Å²) >= 11 is 6.91. The average Bonchev–Trinajstić information content (AvgIpc) is 2.86. The Labute approximate surface area is 146 Å². The quantitative estimate of drug-likeness (QED) is 0.755. The van der Waals surface area contributed by atoms with Crippen molar-refractivity contribution in [3.8, 4) is 0 Å². The number of hydrogen-bond donors (Lipinski definition) is 1. The highest BCUT2D eigenvalue weighted by molar-refractivity contribution is 8.14. The second kappa shape index (κ2) is 7.40. The van der Waals surface area contributed by atoms with E-state index >= 15 is 0 Å². The number of amides is 1. The Morgan fingerprint density at radius 3 is 2.75 bits per heavy atom. The van der Waals surface area contributed by atoms with Crippen LogP contribution in [0.5, 0.6) is 0 Å². The van der Waals surface area contributed by atoms with Gasteiger partial charge in [-0.05, 0) is 6.42 Å². The Kier molecular flexibility index (Phi) is 5.92. The van der Waals surface area contributed by atoms with Gasteiger partial charge in [0.25, 0.3) is 5.56 Å². The zero-order valence-electron chi connectivity index (χ0n) is 12.5. The van der Waals surface area contributed by atoms with Gasteiger partial charge < -0.3 is 9.88 Å². The molecule has 1 N–H and O–H groups in total. The molecule has 24 heavy (non-hydrogen) atoms. The number of carbonyl (C=O) groups excluding carboxylic acids is 1. The van der Waals surface area contributed by atoms with Gasteiger partial charge in [-0.3, -0.25) is 9.59 Å². The number of rotatable bonds is 5. The van der Waals surface area contributed by atoms with E-state index < -0.39 is 49.0 Å². The molecule has 6 nitrogen and oxygen atoms in total. The Balaban J connectivity index is 2.15. The summed E-state index contributed by atoms with van der Waals surface area (Å²) in [4.78, 5) is 23.7. The summed E-state index contributed by atoms with van der Waals surface area (Å²) in [5.41, 5.74) is -1.00. The highest BCUT2D eigenvalue weighted by Gasteiger charge is 2.43. The van der Waals surface area contributed by atoms with Gasteiger partial charge in [-0.15, -0.1) is 23.4 Å². The van der Waals surface area contributed by atoms with Crippen LogP contribution in [0, 0.1) is 5.82 Å². The van der Waals surface area contributed by atoms with Crippen LogP contribution >= 0.6 is 23.4 Å². The standard InChI is InChI=1S/C13H15ClF2N2O4S2/c1-24(21,22)13-8(14)5-10(23-13)11(19)17-7-4-9(16)12(20)18(6-7)3-2-15/h4,6,8,10,13H,2-3,5H2,1H3,(H,17,19). The van der Waals surface area contributed by atoms with Crippen molar-refractivity contribution in [1.82, 2.24) is 4.57 Å². The van der Waals surface area contributed by atoms with E-state index in [4.69, 9.17) is 11.6 Å². The first kappa shape index (κ1) is 19.2. The van der Waals surface area contributed by atoms with Gasteiger partial charge >= 0.3 is 0 Å². The minimum atomic E-state index is -3.41. The first-order valence-corrected chi connectivity index (χ1v) is 10.2. The zero-order valence-corrected chi connectivity index (χ0v) is 14.9. The maximum absolute atomic E-state index is 13.6. The molecule has 2 heterocycles. The fourth-order valence-electron chi connectivity index (χ4n) is 2.30. The number of hydrogen-bond acceptors (Lipinski definition) is 5. The van der Waals surface area contributed by atoms with E-state index in [1.54, 1.807) is 0 Å². The molecule has 3 atom stereocenters. The number of pyridine rings is 1. The molecule has 1 aromatic rings. The highest BCUT2D eigenvalue weighted by atomic mass is 35.5. The van der Waals surface area contributed by atoms with Crippen molar-refractivity contribution in [2.24, 2.45) is 0 Å². The van der Waals surface area contributed by atoms with Gasteiger partial charge in [-0.1, -0.05) is 0 Å². The zero-order chi connectivity index (χ0) is 18.1. The summed E-state index contributed by atoms with van der Waals surface area (Å²) in [5, 5.41) is 0.973. The minimum Gasteiger partial charge on any atom is -0.324 e. The molecule has 0 radical (unpaired) electrons. The molecule has 11 heteroatoms. The number of nitrogens with zero attached hydrogens (tertiary/aromatic N) is 1. The van der Waals surface area contributed by atoms with E-state index in [-0.39, 0.29) is 18.7 Å². The Bertz CT molecular complexity index is 800. The van der Waals surface area contributed by atoms with Crippen molar-refractivity contribution in [2.75, 3.05) is 18.2 Å². The lowest BCUT2D eigenvalue weighted by molar-refractivity contribution is -0.115. The van der Waals surface area contributed by atoms with E-state index in [0.717, 1.165) is 34.8 Å². The summed E-state index contributed by atoms with van der Waals surface area (Å²) in [7, 11) is -3.41. The van der Waals surface area contributed by atoms with Crippen LogP contribution in [0.1, 0.15) is 6.42 Å². The Hall–Kier alpha value is -1.13. The predicted octanol–water partition coefficient (Wildman–Crippen LogP) is 1.38. The summed E-state index contributed by atoms with van der Waals surface area (Å²) in [6.45, 7) is -1.20. The van der Waals surface area contributed by atoms with Crippen LogP contribution in [0.3, 0.4) is 0 Å². The highest BCUT2D eigenvalue weighted by Crippen LogP contribution is 2.40. The van der Waals surface area contributed by atoms with Gasteiger partial charge in [0, 0.05) is 18.5 Å². The number of anilines is 1. The van der Waals surface area contributed by atoms with Crippen molar-refractivity contribution >= 4 is 44.8 Å². The molecule has 134 valence electrons. The maximum atomic E-state index is 13.6. The normalized spacial score (nSPS) is 24.1. The smallest absolute Gasteiger partial charge is 0.286 e. The van der Waals surface area contributed by atoms with Crippen LogP contribution in [0.4, 0.5) is 14.5 Å². The van der Waals surface area contributed by atoms with E-state index in [1.165, 1.54) is 0 Å². The molecule has 0 saturated carbocycles. The van der Waals surface area contributed by atoms with Crippen LogP contribution in [-0.2, 0) is 21.2 Å². The second-order valence-corrected chi connectivity index (χ2v) is 9.70. The van der Waals surface area contributed by atoms with Gasteiger partial charge in [0.2, 0.25) is 5.91 Å². The second-order valence-electron chi connectivity index (χ2n) is 5.33. The van der Waals surface area contributed by atoms with Crippen LogP contribution in [0.15, 0.2) is 17.1 Å². The molecule has 1 aromatic heterocycles. The van der Waals surface area contributed by atoms with Crippen molar-refractivity contribution in [3.05, 3.63) is 28.4 Å². The molecule has 1 aliphatic heterocycles. The fourth-order valence-corrected chi connectivity index (χ4v) is 6.29. The first-order chi connectivity index (χ1) is 11.1. The fraction of sp³-hybridized carbons (Fsp3) is 0.538. The van der Waals surface area contributed by atoms with Crippen molar-refractivity contribution in [3.63, 3.8) is 0 Å². The molecule has 0 bridgehead atoms. The number of alkyl halides is 2. The SMILES string of the molecule is CS(=O)(=O)C1SC(C(=O)Nc2cc(F)c(=O)n(CCF)c2)CC1Cl. The van der Waals surface area contributed by atoms with Gasteiger partial charge in [0.15, 0.2) is 15.7 Å². The monoisotopic (exact) mass is 400 g/mol. The van der Waals surface area contributed by atoms with E-state index in [1.807, 2.05) is 0 Å².